The maximum Gasteiger partial charge on any atom is 0.299 e. The molecular formula is C13H14BrNO3. The van der Waals surface area contributed by atoms with Crippen molar-refractivity contribution in [2.24, 2.45) is 0 Å². The van der Waals surface area contributed by atoms with E-state index in [9.17, 15) is 9.59 Å². The molecule has 0 N–H and O–H groups in total. The van der Waals surface area contributed by atoms with Gasteiger partial charge in [0, 0.05) is 24.7 Å². The SMILES string of the molecule is COCCCCN1C(=O)C(=O)c2cc(Br)ccc21. The average Bonchev–Trinajstić information content (AvgIpc) is 2.59. The molecule has 0 saturated heterocycles. The molecule has 0 aromatic heterocycles. The fourth-order valence-electron chi connectivity index (χ4n) is 2.01. The Hall–Kier alpha value is -1.20. The number of rotatable bonds is 5. The number of carbonyl (C=O) groups is 2. The summed E-state index contributed by atoms with van der Waals surface area (Å²) in [5.41, 5.74) is 1.20. The predicted octanol–water partition coefficient (Wildman–Crippen LogP) is 2.41. The van der Waals surface area contributed by atoms with Crippen molar-refractivity contribution in [1.82, 2.24) is 0 Å². The van der Waals surface area contributed by atoms with Crippen LogP contribution >= 0.6 is 15.9 Å². The highest BCUT2D eigenvalue weighted by atomic mass is 79.9. The predicted molar refractivity (Wildman–Crippen MR) is 71.9 cm³/mol. The molecule has 1 aliphatic rings. The first kappa shape index (κ1) is 13.2. The van der Waals surface area contributed by atoms with Gasteiger partial charge in [-0.25, -0.2) is 0 Å². The van der Waals surface area contributed by atoms with Crippen molar-refractivity contribution in [2.75, 3.05) is 25.2 Å². The average molecular weight is 312 g/mol. The third kappa shape index (κ3) is 2.47. The lowest BCUT2D eigenvalue weighted by molar-refractivity contribution is -0.114. The lowest BCUT2D eigenvalue weighted by Gasteiger charge is -2.16. The first-order valence-corrected chi connectivity index (χ1v) is 6.59. The smallest absolute Gasteiger partial charge is 0.299 e. The summed E-state index contributed by atoms with van der Waals surface area (Å²) < 4.78 is 5.77. The summed E-state index contributed by atoms with van der Waals surface area (Å²) in [6.07, 6.45) is 1.70. The quantitative estimate of drug-likeness (QED) is 0.619. The summed E-state index contributed by atoms with van der Waals surface area (Å²) in [6, 6.07) is 5.34. The van der Waals surface area contributed by atoms with E-state index in [1.165, 1.54) is 0 Å². The summed E-state index contributed by atoms with van der Waals surface area (Å²) in [6.45, 7) is 1.23. The number of unbranched alkanes of at least 4 members (excludes halogenated alkanes) is 1. The van der Waals surface area contributed by atoms with Crippen LogP contribution in [0.15, 0.2) is 22.7 Å². The number of halogens is 1. The second-order valence-corrected chi connectivity index (χ2v) is 5.06. The third-order valence-electron chi connectivity index (χ3n) is 2.91. The Morgan fingerprint density at radius 3 is 2.78 bits per heavy atom. The number of Topliss-reactive ketones (excluding diaryl/α,β-unsaturated/α-hetero) is 1. The number of benzene rings is 1. The van der Waals surface area contributed by atoms with Gasteiger partial charge in [0.15, 0.2) is 0 Å². The molecule has 4 nitrogen and oxygen atoms in total. The molecule has 0 unspecified atom stereocenters. The molecule has 0 spiro atoms. The maximum absolute atomic E-state index is 11.9. The number of carbonyl (C=O) groups excluding carboxylic acids is 2. The minimum absolute atomic E-state index is 0.418. The molecule has 0 bridgehead atoms. The number of ether oxygens (including phenoxy) is 1. The van der Waals surface area contributed by atoms with Crippen molar-refractivity contribution in [3.63, 3.8) is 0 Å². The zero-order valence-corrected chi connectivity index (χ0v) is 11.7. The van der Waals surface area contributed by atoms with Crippen molar-refractivity contribution < 1.29 is 14.3 Å². The van der Waals surface area contributed by atoms with Crippen molar-refractivity contribution in [3.8, 4) is 0 Å². The highest BCUT2D eigenvalue weighted by Gasteiger charge is 2.35. The molecule has 1 aromatic rings. The molecule has 0 atom stereocenters. The van der Waals surface area contributed by atoms with Crippen LogP contribution in [0.3, 0.4) is 0 Å². The monoisotopic (exact) mass is 311 g/mol. The molecule has 0 aliphatic carbocycles. The van der Waals surface area contributed by atoms with Crippen molar-refractivity contribution >= 4 is 33.3 Å². The van der Waals surface area contributed by atoms with Crippen LogP contribution in [0.25, 0.3) is 0 Å². The van der Waals surface area contributed by atoms with Gasteiger partial charge in [0.1, 0.15) is 0 Å². The van der Waals surface area contributed by atoms with E-state index in [0.29, 0.717) is 24.4 Å². The van der Waals surface area contributed by atoms with Gasteiger partial charge < -0.3 is 9.64 Å². The number of hydrogen-bond acceptors (Lipinski definition) is 3. The first-order chi connectivity index (χ1) is 8.65. The van der Waals surface area contributed by atoms with Crippen molar-refractivity contribution in [3.05, 3.63) is 28.2 Å². The van der Waals surface area contributed by atoms with Gasteiger partial charge in [0.25, 0.3) is 11.7 Å². The molecule has 5 heteroatoms. The summed E-state index contributed by atoms with van der Waals surface area (Å²) in [5, 5.41) is 0. The molecule has 1 aliphatic heterocycles. The number of fused-ring (bicyclic) bond motifs is 1. The second kappa shape index (κ2) is 5.63. The molecule has 0 fully saturated rings. The number of nitrogens with zero attached hydrogens (tertiary/aromatic N) is 1. The van der Waals surface area contributed by atoms with Gasteiger partial charge in [-0.15, -0.1) is 0 Å². The fourth-order valence-corrected chi connectivity index (χ4v) is 2.37. The van der Waals surface area contributed by atoms with E-state index >= 15 is 0 Å². The van der Waals surface area contributed by atoms with Gasteiger partial charge in [0.05, 0.1) is 11.3 Å². The molecule has 0 saturated carbocycles. The maximum atomic E-state index is 11.9. The zero-order chi connectivity index (χ0) is 13.1. The Morgan fingerprint density at radius 1 is 1.28 bits per heavy atom. The van der Waals surface area contributed by atoms with Crippen LogP contribution in [0.5, 0.6) is 0 Å². The van der Waals surface area contributed by atoms with Crippen LogP contribution in [0.1, 0.15) is 23.2 Å². The van der Waals surface area contributed by atoms with Crippen LogP contribution in [-0.4, -0.2) is 32.0 Å². The van der Waals surface area contributed by atoms with Crippen LogP contribution in [0.4, 0.5) is 5.69 Å². The van der Waals surface area contributed by atoms with Crippen LogP contribution in [-0.2, 0) is 9.53 Å². The Morgan fingerprint density at radius 2 is 2.06 bits per heavy atom. The van der Waals surface area contributed by atoms with Gasteiger partial charge in [-0.3, -0.25) is 9.59 Å². The molecule has 18 heavy (non-hydrogen) atoms. The Balaban J connectivity index is 2.13. The zero-order valence-electron chi connectivity index (χ0n) is 10.1. The van der Waals surface area contributed by atoms with Gasteiger partial charge in [-0.1, -0.05) is 15.9 Å². The molecule has 0 radical (unpaired) electrons. The fraction of sp³-hybridized carbons (Fsp3) is 0.385. The lowest BCUT2D eigenvalue weighted by atomic mass is 10.1. The standard InChI is InChI=1S/C13H14BrNO3/c1-18-7-3-2-6-15-11-5-4-9(14)8-10(11)12(16)13(15)17/h4-5,8H,2-3,6-7H2,1H3. The van der Waals surface area contributed by atoms with E-state index in [1.54, 1.807) is 24.1 Å². The van der Waals surface area contributed by atoms with E-state index in [1.807, 2.05) is 6.07 Å². The van der Waals surface area contributed by atoms with Crippen molar-refractivity contribution in [1.29, 1.82) is 0 Å². The van der Waals surface area contributed by atoms with E-state index in [0.717, 1.165) is 17.3 Å². The molecule has 96 valence electrons. The highest BCUT2D eigenvalue weighted by molar-refractivity contribution is 9.10. The minimum Gasteiger partial charge on any atom is -0.385 e. The first-order valence-electron chi connectivity index (χ1n) is 5.80. The van der Waals surface area contributed by atoms with Crippen LogP contribution in [0.2, 0.25) is 0 Å². The van der Waals surface area contributed by atoms with E-state index in [4.69, 9.17) is 4.74 Å². The van der Waals surface area contributed by atoms with E-state index in [2.05, 4.69) is 15.9 Å². The highest BCUT2D eigenvalue weighted by Crippen LogP contribution is 2.31. The third-order valence-corrected chi connectivity index (χ3v) is 3.41. The summed E-state index contributed by atoms with van der Waals surface area (Å²) in [5.74, 6) is -0.849. The molecule has 1 heterocycles. The molecule has 1 amide bonds. The van der Waals surface area contributed by atoms with Crippen LogP contribution in [0, 0.1) is 0 Å². The minimum atomic E-state index is -0.430. The number of amides is 1. The number of ketones is 1. The summed E-state index contributed by atoms with van der Waals surface area (Å²) in [4.78, 5) is 25.2. The number of anilines is 1. The second-order valence-electron chi connectivity index (χ2n) is 4.15. The Bertz CT molecular complexity index is 487. The largest absolute Gasteiger partial charge is 0.385 e. The van der Waals surface area contributed by atoms with Crippen LogP contribution < -0.4 is 4.90 Å². The molecule has 1 aromatic carbocycles. The number of methoxy groups -OCH3 is 1. The summed E-state index contributed by atoms with van der Waals surface area (Å²) in [7, 11) is 1.65. The van der Waals surface area contributed by atoms with Gasteiger partial charge in [-0.05, 0) is 31.0 Å². The normalized spacial score (nSPS) is 14.2. The van der Waals surface area contributed by atoms with E-state index in [-0.39, 0.29) is 0 Å². The Labute approximate surface area is 114 Å². The molecule has 2 rings (SSSR count). The van der Waals surface area contributed by atoms with Gasteiger partial charge >= 0.3 is 0 Å². The van der Waals surface area contributed by atoms with E-state index < -0.39 is 11.7 Å². The summed E-state index contributed by atoms with van der Waals surface area (Å²) >= 11 is 3.31. The lowest BCUT2D eigenvalue weighted by Crippen LogP contribution is -2.30. The Kier molecular flexibility index (Phi) is 4.14. The van der Waals surface area contributed by atoms with Gasteiger partial charge in [-0.2, -0.15) is 0 Å². The van der Waals surface area contributed by atoms with Crippen molar-refractivity contribution in [2.45, 2.75) is 12.8 Å². The topological polar surface area (TPSA) is 46.6 Å². The number of hydrogen-bond donors (Lipinski definition) is 0. The molecular weight excluding hydrogens is 298 g/mol. The van der Waals surface area contributed by atoms with Gasteiger partial charge in [0.2, 0.25) is 0 Å².